The number of ether oxygens (including phenoxy) is 1. The largest absolute Gasteiger partial charge is 0.489 e. The smallest absolute Gasteiger partial charge is 0.471 e. The van der Waals surface area contributed by atoms with Crippen LogP contribution in [0.5, 0.6) is 5.75 Å². The summed E-state index contributed by atoms with van der Waals surface area (Å²) in [4.78, 5) is 22.8. The summed E-state index contributed by atoms with van der Waals surface area (Å²) in [6, 6.07) is 3.55. The minimum absolute atomic E-state index is 0.0771. The molecule has 1 heterocycles. The molecule has 9 nitrogen and oxygen atoms in total. The zero-order chi connectivity index (χ0) is 20.4. The van der Waals surface area contributed by atoms with E-state index >= 15 is 0 Å². The van der Waals surface area contributed by atoms with Gasteiger partial charge in [0.15, 0.2) is 0 Å². The van der Waals surface area contributed by atoms with E-state index in [0.717, 1.165) is 6.26 Å². The Bertz CT molecular complexity index is 844. The molecule has 2 rings (SSSR count). The highest BCUT2D eigenvalue weighted by molar-refractivity contribution is 7.92. The number of amides is 2. The number of fused-ring (bicyclic) bond motifs is 1. The van der Waals surface area contributed by atoms with Crippen molar-refractivity contribution in [1.29, 1.82) is 0 Å². The molecule has 0 fully saturated rings. The van der Waals surface area contributed by atoms with Gasteiger partial charge in [0, 0.05) is 6.54 Å². The molecule has 0 saturated heterocycles. The number of halogens is 3. The fraction of sp³-hybridized carbons (Fsp3) is 0.429. The van der Waals surface area contributed by atoms with Crippen LogP contribution in [0.4, 0.5) is 24.5 Å². The number of carbonyl (C=O) groups is 2. The van der Waals surface area contributed by atoms with Crippen molar-refractivity contribution in [2.24, 2.45) is 5.73 Å². The normalized spacial score (nSPS) is 16.5. The summed E-state index contributed by atoms with van der Waals surface area (Å²) in [6.07, 6.45) is -4.20. The molecule has 13 heteroatoms. The monoisotopic (exact) mass is 410 g/mol. The van der Waals surface area contributed by atoms with E-state index in [4.69, 9.17) is 10.5 Å². The summed E-state index contributed by atoms with van der Waals surface area (Å²) >= 11 is 0. The number of anilines is 2. The summed E-state index contributed by atoms with van der Waals surface area (Å²) in [7, 11) is -3.53. The van der Waals surface area contributed by atoms with E-state index in [2.05, 4.69) is 10.0 Å². The van der Waals surface area contributed by atoms with E-state index in [1.165, 1.54) is 18.2 Å². The van der Waals surface area contributed by atoms with Gasteiger partial charge in [-0.3, -0.25) is 14.3 Å². The lowest BCUT2D eigenvalue weighted by molar-refractivity contribution is -0.186. The number of nitrogens with zero attached hydrogens (tertiary/aromatic N) is 1. The van der Waals surface area contributed by atoms with Gasteiger partial charge in [0.05, 0.1) is 30.2 Å². The van der Waals surface area contributed by atoms with E-state index < -0.39 is 47.1 Å². The Labute approximate surface area is 152 Å². The average Bonchev–Trinajstić information content (AvgIpc) is 2.50. The average molecular weight is 410 g/mol. The van der Waals surface area contributed by atoms with Crippen LogP contribution in [0.25, 0.3) is 0 Å². The SMILES string of the molecule is CS(=O)(=O)Nc1ccc2c(c1)NC(CN(CC(N)=O)C(=O)C(F)(F)F)CO2. The van der Waals surface area contributed by atoms with Gasteiger partial charge >= 0.3 is 12.1 Å². The second kappa shape index (κ2) is 7.50. The van der Waals surface area contributed by atoms with Crippen molar-refractivity contribution in [2.75, 3.05) is 36.0 Å². The molecule has 0 bridgehead atoms. The number of hydrogen-bond acceptors (Lipinski definition) is 6. The van der Waals surface area contributed by atoms with Crippen molar-refractivity contribution >= 4 is 33.2 Å². The maximum atomic E-state index is 12.7. The summed E-state index contributed by atoms with van der Waals surface area (Å²) in [5, 5.41) is 2.86. The summed E-state index contributed by atoms with van der Waals surface area (Å²) < 4.78 is 68.3. The van der Waals surface area contributed by atoms with Crippen molar-refractivity contribution in [3.8, 4) is 5.75 Å². The van der Waals surface area contributed by atoms with Crippen LogP contribution in [0.15, 0.2) is 18.2 Å². The van der Waals surface area contributed by atoms with Gasteiger partial charge in [-0.05, 0) is 18.2 Å². The van der Waals surface area contributed by atoms with E-state index in [0.29, 0.717) is 11.4 Å². The molecular weight excluding hydrogens is 393 g/mol. The van der Waals surface area contributed by atoms with Gasteiger partial charge in [-0.15, -0.1) is 0 Å². The van der Waals surface area contributed by atoms with Crippen molar-refractivity contribution in [3.63, 3.8) is 0 Å². The van der Waals surface area contributed by atoms with Crippen LogP contribution < -0.4 is 20.5 Å². The number of alkyl halides is 3. The quantitative estimate of drug-likeness (QED) is 0.610. The zero-order valence-corrected chi connectivity index (χ0v) is 14.9. The minimum atomic E-state index is -5.16. The topological polar surface area (TPSA) is 131 Å². The lowest BCUT2D eigenvalue weighted by atomic mass is 10.1. The molecule has 1 aliphatic heterocycles. The van der Waals surface area contributed by atoms with Gasteiger partial charge in [-0.2, -0.15) is 13.2 Å². The molecule has 1 atom stereocenters. The fourth-order valence-corrected chi connectivity index (χ4v) is 3.00. The predicted molar refractivity (Wildman–Crippen MR) is 89.6 cm³/mol. The van der Waals surface area contributed by atoms with E-state index in [-0.39, 0.29) is 17.2 Å². The molecule has 0 radical (unpaired) electrons. The molecular formula is C14H17F3N4O5S. The Morgan fingerprint density at radius 2 is 2.07 bits per heavy atom. The first-order chi connectivity index (χ1) is 12.3. The summed E-state index contributed by atoms with van der Waals surface area (Å²) in [5.41, 5.74) is 5.45. The summed E-state index contributed by atoms with van der Waals surface area (Å²) in [5.74, 6) is -2.93. The second-order valence-electron chi connectivity index (χ2n) is 5.89. The molecule has 2 amide bonds. The Kier molecular flexibility index (Phi) is 5.73. The van der Waals surface area contributed by atoms with Crippen LogP contribution in [0.2, 0.25) is 0 Å². The van der Waals surface area contributed by atoms with Gasteiger partial charge in [-0.1, -0.05) is 0 Å². The van der Waals surface area contributed by atoms with Gasteiger partial charge in [0.25, 0.3) is 0 Å². The third-order valence-corrected chi connectivity index (χ3v) is 4.01. The van der Waals surface area contributed by atoms with Gasteiger partial charge < -0.3 is 20.7 Å². The van der Waals surface area contributed by atoms with Gasteiger partial charge in [0.2, 0.25) is 15.9 Å². The standard InChI is InChI=1S/C14H17F3N4O5S/c1-27(24,25)20-8-2-3-11-10(4-8)19-9(7-26-11)5-21(6-12(18)22)13(23)14(15,16)17/h2-4,9,19-20H,5-7H2,1H3,(H2,18,22). The lowest BCUT2D eigenvalue weighted by Crippen LogP contribution is -2.51. The summed E-state index contributed by atoms with van der Waals surface area (Å²) in [6.45, 7) is -1.48. The lowest BCUT2D eigenvalue weighted by Gasteiger charge is -2.32. The molecule has 150 valence electrons. The van der Waals surface area contributed by atoms with Gasteiger partial charge in [0.1, 0.15) is 12.4 Å². The second-order valence-corrected chi connectivity index (χ2v) is 7.64. The predicted octanol–water partition coefficient (Wildman–Crippen LogP) is 0.107. The highest BCUT2D eigenvalue weighted by atomic mass is 32.2. The molecule has 1 aliphatic rings. The minimum Gasteiger partial charge on any atom is -0.489 e. The number of primary amides is 1. The van der Waals surface area contributed by atoms with Crippen LogP contribution in [-0.2, 0) is 19.6 Å². The van der Waals surface area contributed by atoms with E-state index in [9.17, 15) is 31.2 Å². The zero-order valence-electron chi connectivity index (χ0n) is 14.0. The number of hydrogen-bond donors (Lipinski definition) is 3. The first-order valence-electron chi connectivity index (χ1n) is 7.51. The maximum absolute atomic E-state index is 12.7. The number of nitrogens with two attached hydrogens (primary N) is 1. The van der Waals surface area contributed by atoms with Crippen molar-refractivity contribution in [2.45, 2.75) is 12.2 Å². The number of rotatable bonds is 6. The van der Waals surface area contributed by atoms with E-state index in [1.54, 1.807) is 0 Å². The van der Waals surface area contributed by atoms with Crippen LogP contribution in [0.3, 0.4) is 0 Å². The molecule has 4 N–H and O–H groups in total. The molecule has 0 spiro atoms. The number of carbonyl (C=O) groups excluding carboxylic acids is 2. The fourth-order valence-electron chi connectivity index (χ4n) is 2.45. The van der Waals surface area contributed by atoms with Crippen molar-refractivity contribution < 1.29 is 35.9 Å². The molecule has 0 aromatic heterocycles. The van der Waals surface area contributed by atoms with Crippen molar-refractivity contribution in [1.82, 2.24) is 4.90 Å². The first kappa shape index (κ1) is 20.6. The third-order valence-electron chi connectivity index (χ3n) is 3.40. The molecule has 0 saturated carbocycles. The Morgan fingerprint density at radius 3 is 2.63 bits per heavy atom. The van der Waals surface area contributed by atoms with Crippen LogP contribution >= 0.6 is 0 Å². The van der Waals surface area contributed by atoms with Crippen LogP contribution in [0, 0.1) is 0 Å². The molecule has 1 aromatic carbocycles. The Balaban J connectivity index is 2.16. The molecule has 0 aliphatic carbocycles. The van der Waals surface area contributed by atoms with Crippen LogP contribution in [0.1, 0.15) is 0 Å². The maximum Gasteiger partial charge on any atom is 0.471 e. The Hall–Kier alpha value is -2.70. The molecule has 1 unspecified atom stereocenters. The number of nitrogens with one attached hydrogen (secondary N) is 2. The highest BCUT2D eigenvalue weighted by Gasteiger charge is 2.43. The third kappa shape index (κ3) is 5.91. The first-order valence-corrected chi connectivity index (χ1v) is 9.40. The molecule has 27 heavy (non-hydrogen) atoms. The van der Waals surface area contributed by atoms with Crippen molar-refractivity contribution in [3.05, 3.63) is 18.2 Å². The number of benzene rings is 1. The number of sulfonamides is 1. The van der Waals surface area contributed by atoms with Crippen LogP contribution in [-0.4, -0.2) is 63.3 Å². The van der Waals surface area contributed by atoms with E-state index in [1.807, 2.05) is 0 Å². The Morgan fingerprint density at radius 1 is 1.41 bits per heavy atom. The molecule has 1 aromatic rings. The van der Waals surface area contributed by atoms with Gasteiger partial charge in [-0.25, -0.2) is 8.42 Å². The highest BCUT2D eigenvalue weighted by Crippen LogP contribution is 2.32.